The molecular formula is C24H19N5O3S2. The number of aromatic nitrogens is 4. The van der Waals surface area contributed by atoms with Crippen LogP contribution in [0.1, 0.15) is 22.9 Å². The van der Waals surface area contributed by atoms with Crippen LogP contribution in [-0.4, -0.2) is 37.9 Å². The first kappa shape index (κ1) is 22.1. The van der Waals surface area contributed by atoms with Gasteiger partial charge in [0.05, 0.1) is 17.5 Å². The summed E-state index contributed by atoms with van der Waals surface area (Å²) in [5, 5.41) is 21.1. The van der Waals surface area contributed by atoms with Gasteiger partial charge in [0.1, 0.15) is 11.6 Å². The SMILES string of the molecule is Cn1c(SCC(=O)C(C#N)c2nc(-c3ccccc3)cs2)nnc1C1COc2ccccc2O1. The molecule has 0 bridgehead atoms. The lowest BCUT2D eigenvalue weighted by Crippen LogP contribution is -2.24. The Morgan fingerprint density at radius 3 is 2.76 bits per heavy atom. The van der Waals surface area contributed by atoms with E-state index in [0.717, 1.165) is 11.3 Å². The zero-order valence-electron chi connectivity index (χ0n) is 18.1. The van der Waals surface area contributed by atoms with E-state index >= 15 is 0 Å². The molecule has 0 N–H and O–H groups in total. The van der Waals surface area contributed by atoms with Crippen molar-refractivity contribution in [1.29, 1.82) is 5.26 Å². The number of hydrogen-bond acceptors (Lipinski definition) is 9. The average Bonchev–Trinajstić information content (AvgIpc) is 3.50. The molecule has 5 rings (SSSR count). The zero-order chi connectivity index (χ0) is 23.5. The highest BCUT2D eigenvalue weighted by Crippen LogP contribution is 2.36. The number of rotatable bonds is 7. The van der Waals surface area contributed by atoms with Gasteiger partial charge in [-0.1, -0.05) is 54.2 Å². The predicted octanol–water partition coefficient (Wildman–Crippen LogP) is 4.42. The van der Waals surface area contributed by atoms with E-state index in [2.05, 4.69) is 21.3 Å². The summed E-state index contributed by atoms with van der Waals surface area (Å²) >= 11 is 2.56. The molecule has 0 spiro atoms. The highest BCUT2D eigenvalue weighted by Gasteiger charge is 2.29. The number of hydrogen-bond donors (Lipinski definition) is 0. The summed E-state index contributed by atoms with van der Waals surface area (Å²) in [7, 11) is 1.82. The van der Waals surface area contributed by atoms with E-state index in [-0.39, 0.29) is 11.5 Å². The van der Waals surface area contributed by atoms with Gasteiger partial charge in [0, 0.05) is 18.0 Å². The molecular weight excluding hydrogens is 470 g/mol. The molecule has 2 unspecified atom stereocenters. The number of thioether (sulfide) groups is 1. The minimum Gasteiger partial charge on any atom is -0.485 e. The number of nitriles is 1. The van der Waals surface area contributed by atoms with Crippen molar-refractivity contribution in [1.82, 2.24) is 19.7 Å². The number of thiazole rings is 1. The van der Waals surface area contributed by atoms with Crippen LogP contribution in [-0.2, 0) is 11.8 Å². The summed E-state index contributed by atoms with van der Waals surface area (Å²) in [6.45, 7) is 0.316. The molecule has 0 radical (unpaired) electrons. The van der Waals surface area contributed by atoms with Crippen LogP contribution in [0.2, 0.25) is 0 Å². The van der Waals surface area contributed by atoms with Crippen molar-refractivity contribution in [3.63, 3.8) is 0 Å². The van der Waals surface area contributed by atoms with E-state index in [1.165, 1.54) is 23.1 Å². The predicted molar refractivity (Wildman–Crippen MR) is 128 cm³/mol. The first-order chi connectivity index (χ1) is 16.6. The second kappa shape index (κ2) is 9.67. The van der Waals surface area contributed by atoms with Crippen LogP contribution in [0, 0.1) is 11.3 Å². The van der Waals surface area contributed by atoms with Crippen LogP contribution in [0.3, 0.4) is 0 Å². The van der Waals surface area contributed by atoms with E-state index < -0.39 is 12.0 Å². The monoisotopic (exact) mass is 489 g/mol. The number of ketones is 1. The second-order valence-electron chi connectivity index (χ2n) is 7.52. The molecule has 0 fully saturated rings. The summed E-state index contributed by atoms with van der Waals surface area (Å²) in [6, 6.07) is 19.2. The number of Topliss-reactive ketones (excluding diaryl/α,β-unsaturated/α-hetero) is 1. The van der Waals surface area contributed by atoms with Crippen molar-refractivity contribution in [3.8, 4) is 28.8 Å². The molecule has 0 amide bonds. The van der Waals surface area contributed by atoms with Gasteiger partial charge in [0.25, 0.3) is 0 Å². The number of carbonyl (C=O) groups is 1. The van der Waals surface area contributed by atoms with Gasteiger partial charge in [-0.05, 0) is 12.1 Å². The first-order valence-corrected chi connectivity index (χ1v) is 12.3. The van der Waals surface area contributed by atoms with E-state index in [4.69, 9.17) is 9.47 Å². The maximum atomic E-state index is 12.9. The van der Waals surface area contributed by atoms with Crippen molar-refractivity contribution < 1.29 is 14.3 Å². The summed E-state index contributed by atoms with van der Waals surface area (Å²) in [6.07, 6.45) is -0.406. The minimum atomic E-state index is -0.922. The van der Waals surface area contributed by atoms with Gasteiger partial charge in [-0.15, -0.1) is 21.5 Å². The van der Waals surface area contributed by atoms with E-state index in [0.29, 0.717) is 34.1 Å². The normalized spacial score (nSPS) is 15.5. The molecule has 10 heteroatoms. The molecule has 8 nitrogen and oxygen atoms in total. The molecule has 3 heterocycles. The minimum absolute atomic E-state index is 0.0787. The third kappa shape index (κ3) is 4.40. The third-order valence-corrected chi connectivity index (χ3v) is 7.25. The van der Waals surface area contributed by atoms with E-state index in [1.54, 1.807) is 4.57 Å². The van der Waals surface area contributed by atoms with Crippen LogP contribution in [0.5, 0.6) is 11.5 Å². The Hall–Kier alpha value is -3.68. The van der Waals surface area contributed by atoms with Gasteiger partial charge in [0.15, 0.2) is 40.3 Å². The van der Waals surface area contributed by atoms with E-state index in [9.17, 15) is 10.1 Å². The van der Waals surface area contributed by atoms with Crippen molar-refractivity contribution in [2.24, 2.45) is 7.05 Å². The molecule has 2 atom stereocenters. The maximum Gasteiger partial charge on any atom is 0.192 e. The van der Waals surface area contributed by atoms with Crippen LogP contribution in [0.25, 0.3) is 11.3 Å². The Kier molecular flexibility index (Phi) is 6.29. The van der Waals surface area contributed by atoms with Crippen molar-refractivity contribution >= 4 is 28.9 Å². The van der Waals surface area contributed by atoms with Crippen molar-refractivity contribution in [3.05, 3.63) is 70.8 Å². The number of nitrogens with zero attached hydrogens (tertiary/aromatic N) is 5. The Labute approximate surface area is 204 Å². The molecule has 0 saturated carbocycles. The van der Waals surface area contributed by atoms with Crippen molar-refractivity contribution in [2.75, 3.05) is 12.4 Å². The molecule has 2 aromatic carbocycles. The molecule has 0 saturated heterocycles. The second-order valence-corrected chi connectivity index (χ2v) is 9.35. The van der Waals surface area contributed by atoms with Gasteiger partial charge >= 0.3 is 0 Å². The molecule has 0 aliphatic carbocycles. The van der Waals surface area contributed by atoms with E-state index in [1.807, 2.05) is 67.0 Å². The van der Waals surface area contributed by atoms with Gasteiger partial charge in [-0.2, -0.15) is 5.26 Å². The Morgan fingerprint density at radius 1 is 1.21 bits per heavy atom. The summed E-state index contributed by atoms with van der Waals surface area (Å²) in [5.74, 6) is 0.887. The molecule has 4 aromatic rings. The Balaban J connectivity index is 1.25. The number of benzene rings is 2. The standard InChI is InChI=1S/C24H19N5O3S2/c1-29-22(21-12-31-19-9-5-6-10-20(19)32-21)27-28-24(29)34-14-18(30)16(11-25)23-26-17(13-33-23)15-7-3-2-4-8-15/h2-10,13,16,21H,12,14H2,1H3. The fraction of sp³-hybridized carbons (Fsp3) is 0.208. The molecule has 2 aromatic heterocycles. The smallest absolute Gasteiger partial charge is 0.192 e. The van der Waals surface area contributed by atoms with Crippen LogP contribution < -0.4 is 9.47 Å². The van der Waals surface area contributed by atoms with Gasteiger partial charge < -0.3 is 14.0 Å². The summed E-state index contributed by atoms with van der Waals surface area (Å²) in [5.41, 5.74) is 1.71. The van der Waals surface area contributed by atoms with Gasteiger partial charge in [-0.25, -0.2) is 4.98 Å². The average molecular weight is 490 g/mol. The lowest BCUT2D eigenvalue weighted by Gasteiger charge is -2.25. The number of carbonyl (C=O) groups excluding carboxylic acids is 1. The van der Waals surface area contributed by atoms with Gasteiger partial charge in [-0.3, -0.25) is 4.79 Å². The maximum absolute atomic E-state index is 12.9. The summed E-state index contributed by atoms with van der Waals surface area (Å²) < 4.78 is 13.6. The zero-order valence-corrected chi connectivity index (χ0v) is 19.8. The molecule has 1 aliphatic heterocycles. The lowest BCUT2D eigenvalue weighted by atomic mass is 10.1. The molecule has 34 heavy (non-hydrogen) atoms. The summed E-state index contributed by atoms with van der Waals surface area (Å²) in [4.78, 5) is 17.4. The topological polar surface area (TPSA) is 103 Å². The number of fused-ring (bicyclic) bond motifs is 1. The van der Waals surface area contributed by atoms with Crippen LogP contribution >= 0.6 is 23.1 Å². The van der Waals surface area contributed by atoms with Crippen LogP contribution in [0.15, 0.2) is 65.1 Å². The number of ether oxygens (including phenoxy) is 2. The Morgan fingerprint density at radius 2 is 1.97 bits per heavy atom. The van der Waals surface area contributed by atoms with Gasteiger partial charge in [0.2, 0.25) is 0 Å². The fourth-order valence-corrected chi connectivity index (χ4v) is 5.24. The van der Waals surface area contributed by atoms with Crippen LogP contribution in [0.4, 0.5) is 0 Å². The lowest BCUT2D eigenvalue weighted by molar-refractivity contribution is -0.116. The fourth-order valence-electron chi connectivity index (χ4n) is 3.52. The largest absolute Gasteiger partial charge is 0.485 e. The number of para-hydroxylation sites is 2. The molecule has 1 aliphatic rings. The quantitative estimate of drug-likeness (QED) is 0.352. The molecule has 170 valence electrons. The van der Waals surface area contributed by atoms with Crippen molar-refractivity contribution in [2.45, 2.75) is 17.2 Å². The third-order valence-electron chi connectivity index (χ3n) is 5.30. The Bertz CT molecular complexity index is 1360. The highest BCUT2D eigenvalue weighted by molar-refractivity contribution is 7.99. The first-order valence-electron chi connectivity index (χ1n) is 10.5. The highest BCUT2D eigenvalue weighted by atomic mass is 32.2.